The molecule has 0 bridgehead atoms. The van der Waals surface area contributed by atoms with Crippen molar-refractivity contribution in [2.75, 3.05) is 6.61 Å². The topological polar surface area (TPSA) is 130 Å². The number of aliphatic hydroxyl groups is 1. The molecule has 0 amide bonds. The van der Waals surface area contributed by atoms with Crippen molar-refractivity contribution in [2.45, 2.75) is 12.0 Å². The Hall–Kier alpha value is -2.00. The van der Waals surface area contributed by atoms with Crippen LogP contribution < -0.4 is 5.73 Å². The van der Waals surface area contributed by atoms with Gasteiger partial charge in [-0.3, -0.25) is 10.1 Å². The summed E-state index contributed by atoms with van der Waals surface area (Å²) in [5, 5.41) is 37.3. The van der Waals surface area contributed by atoms with Gasteiger partial charge in [0.2, 0.25) is 5.75 Å². The lowest BCUT2D eigenvalue weighted by atomic mass is 10.0. The Bertz CT molecular complexity index is 480. The second kappa shape index (κ2) is 4.70. The van der Waals surface area contributed by atoms with Crippen LogP contribution in [0, 0.1) is 10.1 Å². The maximum atomic E-state index is 13.1. The number of hydrogen-bond acceptors (Lipinski definition) is 6. The number of benzene rings is 1. The van der Waals surface area contributed by atoms with Gasteiger partial charge in [0.15, 0.2) is 5.75 Å². The second-order valence-corrected chi connectivity index (χ2v) is 3.56. The van der Waals surface area contributed by atoms with Gasteiger partial charge in [0.1, 0.15) is 6.61 Å². The number of aromatic hydroxyl groups is 2. The van der Waals surface area contributed by atoms with E-state index in [2.05, 4.69) is 0 Å². The molecule has 7 nitrogen and oxygen atoms in total. The second-order valence-electron chi connectivity index (χ2n) is 3.56. The van der Waals surface area contributed by atoms with Crippen LogP contribution in [0.25, 0.3) is 0 Å². The van der Waals surface area contributed by atoms with E-state index < -0.39 is 46.2 Å². The van der Waals surface area contributed by atoms with Gasteiger partial charge in [-0.25, -0.2) is 8.78 Å². The molecule has 0 unspecified atom stereocenters. The zero-order valence-corrected chi connectivity index (χ0v) is 8.88. The molecule has 0 aromatic heterocycles. The standard InChI is InChI=1S/C9H10F2N2O5/c10-9(11,3-14)8(12)4-1-5(13(17)18)7(16)6(15)2-4/h1-2,8,14-16H,3,12H2/t8-/m1/s1. The third-order valence-corrected chi connectivity index (χ3v) is 2.31. The quantitative estimate of drug-likeness (QED) is 0.358. The van der Waals surface area contributed by atoms with E-state index in [9.17, 15) is 24.0 Å². The highest BCUT2D eigenvalue weighted by Crippen LogP contribution is 2.40. The molecule has 1 aromatic rings. The summed E-state index contributed by atoms with van der Waals surface area (Å²) < 4.78 is 26.2. The van der Waals surface area contributed by atoms with Gasteiger partial charge in [0.05, 0.1) is 11.0 Å². The van der Waals surface area contributed by atoms with Crippen LogP contribution in [-0.4, -0.2) is 32.8 Å². The molecule has 0 spiro atoms. The molecule has 0 radical (unpaired) electrons. The van der Waals surface area contributed by atoms with E-state index in [4.69, 9.17) is 15.9 Å². The van der Waals surface area contributed by atoms with E-state index in [0.717, 1.165) is 0 Å². The molecule has 0 aliphatic rings. The van der Waals surface area contributed by atoms with Gasteiger partial charge in [0, 0.05) is 6.07 Å². The number of nitro benzene ring substituents is 1. The molecular formula is C9H10F2N2O5. The highest BCUT2D eigenvalue weighted by molar-refractivity contribution is 5.57. The molecule has 0 aliphatic heterocycles. The van der Waals surface area contributed by atoms with Crippen LogP contribution in [0.3, 0.4) is 0 Å². The average Bonchev–Trinajstić information content (AvgIpc) is 2.31. The monoisotopic (exact) mass is 264 g/mol. The highest BCUT2D eigenvalue weighted by atomic mass is 19.3. The van der Waals surface area contributed by atoms with Gasteiger partial charge in [-0.15, -0.1) is 0 Å². The predicted octanol–water partition coefficient (Wildman–Crippen LogP) is 0.633. The molecule has 100 valence electrons. The lowest BCUT2D eigenvalue weighted by Gasteiger charge is -2.21. The number of phenolic OH excluding ortho intramolecular Hbond substituents is 2. The van der Waals surface area contributed by atoms with Gasteiger partial charge in [-0.05, 0) is 11.6 Å². The summed E-state index contributed by atoms with van der Waals surface area (Å²) in [6, 6.07) is -0.757. The number of aliphatic hydroxyl groups excluding tert-OH is 1. The van der Waals surface area contributed by atoms with Gasteiger partial charge >= 0.3 is 5.69 Å². The fraction of sp³-hybridized carbons (Fsp3) is 0.333. The van der Waals surface area contributed by atoms with E-state index in [1.807, 2.05) is 0 Å². The number of alkyl halides is 2. The van der Waals surface area contributed by atoms with Crippen molar-refractivity contribution >= 4 is 5.69 Å². The number of nitro groups is 1. The minimum Gasteiger partial charge on any atom is -0.504 e. The van der Waals surface area contributed by atoms with Crippen molar-refractivity contribution in [1.29, 1.82) is 0 Å². The van der Waals surface area contributed by atoms with Crippen LogP contribution in [-0.2, 0) is 0 Å². The van der Waals surface area contributed by atoms with Crippen molar-refractivity contribution < 1.29 is 29.0 Å². The molecule has 1 rings (SSSR count). The van der Waals surface area contributed by atoms with Gasteiger partial charge in [-0.2, -0.15) is 0 Å². The summed E-state index contributed by atoms with van der Waals surface area (Å²) in [5.41, 5.74) is 3.72. The minimum atomic E-state index is -3.71. The Morgan fingerprint density at radius 2 is 2.00 bits per heavy atom. The molecule has 1 aromatic carbocycles. The van der Waals surface area contributed by atoms with Crippen LogP contribution in [0.5, 0.6) is 11.5 Å². The molecule has 0 fully saturated rings. The van der Waals surface area contributed by atoms with Crippen LogP contribution in [0.4, 0.5) is 14.5 Å². The van der Waals surface area contributed by atoms with Crippen LogP contribution in [0.15, 0.2) is 12.1 Å². The first kappa shape index (κ1) is 14.1. The van der Waals surface area contributed by atoms with Gasteiger partial charge < -0.3 is 21.1 Å². The summed E-state index contributed by atoms with van der Waals surface area (Å²) in [5.74, 6) is -5.69. The third-order valence-electron chi connectivity index (χ3n) is 2.31. The first-order valence-electron chi connectivity index (χ1n) is 4.65. The van der Waals surface area contributed by atoms with E-state index in [-0.39, 0.29) is 0 Å². The van der Waals surface area contributed by atoms with Crippen molar-refractivity contribution in [2.24, 2.45) is 5.73 Å². The third kappa shape index (κ3) is 2.46. The predicted molar refractivity (Wildman–Crippen MR) is 55.4 cm³/mol. The molecule has 1 atom stereocenters. The van der Waals surface area contributed by atoms with E-state index in [1.54, 1.807) is 0 Å². The molecule has 0 aliphatic carbocycles. The minimum absolute atomic E-state index is 0.476. The lowest BCUT2D eigenvalue weighted by Crippen LogP contribution is -2.36. The number of nitrogens with two attached hydrogens (primary N) is 1. The van der Waals surface area contributed by atoms with Crippen LogP contribution in [0.2, 0.25) is 0 Å². The van der Waals surface area contributed by atoms with Gasteiger partial charge in [-0.1, -0.05) is 0 Å². The van der Waals surface area contributed by atoms with Crippen molar-refractivity contribution in [3.8, 4) is 11.5 Å². The first-order valence-corrected chi connectivity index (χ1v) is 4.65. The fourth-order valence-corrected chi connectivity index (χ4v) is 1.29. The highest BCUT2D eigenvalue weighted by Gasteiger charge is 2.38. The largest absolute Gasteiger partial charge is 0.504 e. The Morgan fingerprint density at radius 1 is 1.44 bits per heavy atom. The Morgan fingerprint density at radius 3 is 2.44 bits per heavy atom. The number of nitrogens with zero attached hydrogens (tertiary/aromatic N) is 1. The normalized spacial score (nSPS) is 13.3. The maximum Gasteiger partial charge on any atom is 0.314 e. The summed E-state index contributed by atoms with van der Waals surface area (Å²) >= 11 is 0. The number of hydrogen-bond donors (Lipinski definition) is 4. The summed E-state index contributed by atoms with van der Waals surface area (Å²) in [6.07, 6.45) is 0. The maximum absolute atomic E-state index is 13.1. The Kier molecular flexibility index (Phi) is 3.67. The van der Waals surface area contributed by atoms with Crippen LogP contribution >= 0.6 is 0 Å². The Labute approximate surface area is 99.2 Å². The molecule has 0 saturated carbocycles. The lowest BCUT2D eigenvalue weighted by molar-refractivity contribution is -0.386. The molecule has 0 heterocycles. The number of rotatable bonds is 4. The van der Waals surface area contributed by atoms with E-state index >= 15 is 0 Å². The SMILES string of the molecule is N[C@H](c1cc(O)c(O)c([N+](=O)[O-])c1)C(F)(F)CO. The number of halogens is 2. The number of phenols is 2. The summed E-state index contributed by atoms with van der Waals surface area (Å²) in [6.45, 7) is -1.55. The zero-order valence-electron chi connectivity index (χ0n) is 8.88. The van der Waals surface area contributed by atoms with Crippen LogP contribution in [0.1, 0.15) is 11.6 Å². The van der Waals surface area contributed by atoms with E-state index in [1.165, 1.54) is 0 Å². The Balaban J connectivity index is 3.31. The fourth-order valence-electron chi connectivity index (χ4n) is 1.29. The molecule has 5 N–H and O–H groups in total. The molecule has 18 heavy (non-hydrogen) atoms. The molecule has 9 heteroatoms. The zero-order chi connectivity index (χ0) is 14.1. The smallest absolute Gasteiger partial charge is 0.314 e. The average molecular weight is 264 g/mol. The van der Waals surface area contributed by atoms with Gasteiger partial charge in [0.25, 0.3) is 5.92 Å². The summed E-state index contributed by atoms with van der Waals surface area (Å²) in [4.78, 5) is 9.47. The van der Waals surface area contributed by atoms with Crippen molar-refractivity contribution in [1.82, 2.24) is 0 Å². The van der Waals surface area contributed by atoms with Crippen molar-refractivity contribution in [3.05, 3.63) is 27.8 Å². The van der Waals surface area contributed by atoms with Crippen molar-refractivity contribution in [3.63, 3.8) is 0 Å². The molecular weight excluding hydrogens is 254 g/mol. The summed E-state index contributed by atoms with van der Waals surface area (Å²) in [7, 11) is 0. The molecule has 0 saturated heterocycles. The first-order chi connectivity index (χ1) is 8.20. The van der Waals surface area contributed by atoms with E-state index in [0.29, 0.717) is 12.1 Å².